The quantitative estimate of drug-likeness (QED) is 0.669. The fourth-order valence-corrected chi connectivity index (χ4v) is 3.36. The second-order valence-corrected chi connectivity index (χ2v) is 6.78. The molecule has 0 bridgehead atoms. The molecule has 0 saturated heterocycles. The predicted octanol–water partition coefficient (Wildman–Crippen LogP) is 1.78. The number of carbonyl (C=O) groups is 1. The molecule has 0 unspecified atom stereocenters. The van der Waals surface area contributed by atoms with Gasteiger partial charge in [-0.3, -0.25) is 9.78 Å². The van der Waals surface area contributed by atoms with Gasteiger partial charge in [-0.05, 0) is 25.0 Å². The number of nitrogens with zero attached hydrogens (tertiary/aromatic N) is 5. The Morgan fingerprint density at radius 1 is 1.29 bits per heavy atom. The Hall–Kier alpha value is -3.43. The number of aromatic nitrogens is 5. The average Bonchev–Trinajstić information content (AvgIpc) is 3.16. The fourth-order valence-electron chi connectivity index (χ4n) is 3.36. The summed E-state index contributed by atoms with van der Waals surface area (Å²) in [6.07, 6.45) is 6.75. The smallest absolute Gasteiger partial charge is 0.251 e. The summed E-state index contributed by atoms with van der Waals surface area (Å²) < 4.78 is 29.2. The van der Waals surface area contributed by atoms with Crippen LogP contribution < -0.4 is 11.1 Å². The van der Waals surface area contributed by atoms with Crippen molar-refractivity contribution in [3.8, 4) is 5.69 Å². The van der Waals surface area contributed by atoms with Crippen molar-refractivity contribution >= 4 is 11.9 Å². The molecule has 28 heavy (non-hydrogen) atoms. The van der Waals surface area contributed by atoms with Gasteiger partial charge in [0.25, 0.3) is 5.91 Å². The van der Waals surface area contributed by atoms with Gasteiger partial charge in [0.1, 0.15) is 17.7 Å². The van der Waals surface area contributed by atoms with Gasteiger partial charge in [0.15, 0.2) is 0 Å². The Kier molecular flexibility index (Phi) is 4.46. The molecule has 1 saturated carbocycles. The van der Waals surface area contributed by atoms with E-state index in [1.165, 1.54) is 47.8 Å². The van der Waals surface area contributed by atoms with Crippen LogP contribution in [0.15, 0.2) is 43.1 Å². The third-order valence-electron chi connectivity index (χ3n) is 4.84. The Labute approximate surface area is 158 Å². The number of halogens is 2. The lowest BCUT2D eigenvalue weighted by molar-refractivity contribution is 0.0963. The first-order chi connectivity index (χ1) is 13.5. The Bertz CT molecular complexity index is 999. The summed E-state index contributed by atoms with van der Waals surface area (Å²) in [4.78, 5) is 23.7. The zero-order chi connectivity index (χ0) is 19.7. The summed E-state index contributed by atoms with van der Waals surface area (Å²) in [5, 5.41) is 7.06. The van der Waals surface area contributed by atoms with E-state index in [-0.39, 0.29) is 30.6 Å². The number of hydrogen-bond donors (Lipinski definition) is 2. The summed E-state index contributed by atoms with van der Waals surface area (Å²) in [6, 6.07) is 2.83. The van der Waals surface area contributed by atoms with Crippen LogP contribution in [0, 0.1) is 5.82 Å². The van der Waals surface area contributed by atoms with Crippen LogP contribution in [0.3, 0.4) is 0 Å². The number of rotatable bonds is 6. The van der Waals surface area contributed by atoms with Gasteiger partial charge in [0.2, 0.25) is 5.95 Å². The minimum absolute atomic E-state index is 0.190. The number of carbonyl (C=O) groups excluding carboxylic acids is 1. The zero-order valence-electron chi connectivity index (χ0n) is 14.7. The lowest BCUT2D eigenvalue weighted by atomic mass is 9.65. The summed E-state index contributed by atoms with van der Waals surface area (Å²) >= 11 is 0. The van der Waals surface area contributed by atoms with E-state index in [1.807, 2.05) is 0 Å². The molecule has 4 rings (SSSR count). The molecule has 3 N–H and O–H groups in total. The Morgan fingerprint density at radius 2 is 2.04 bits per heavy atom. The van der Waals surface area contributed by atoms with Crippen molar-refractivity contribution in [2.75, 3.05) is 11.9 Å². The van der Waals surface area contributed by atoms with Crippen LogP contribution in [0.1, 0.15) is 28.9 Å². The maximum absolute atomic E-state index is 14.2. The Morgan fingerprint density at radius 3 is 2.64 bits per heavy atom. The zero-order valence-corrected chi connectivity index (χ0v) is 14.7. The molecule has 1 aliphatic rings. The van der Waals surface area contributed by atoms with Gasteiger partial charge in [-0.25, -0.2) is 23.4 Å². The average molecular weight is 385 g/mol. The number of nitrogens with two attached hydrogens (primary N) is 1. The van der Waals surface area contributed by atoms with Gasteiger partial charge in [0.05, 0.1) is 29.8 Å². The summed E-state index contributed by atoms with van der Waals surface area (Å²) in [7, 11) is 0. The second kappa shape index (κ2) is 6.95. The van der Waals surface area contributed by atoms with Crippen molar-refractivity contribution in [2.45, 2.75) is 24.4 Å². The largest absolute Gasteiger partial charge is 0.366 e. The molecule has 1 aliphatic carbocycles. The highest BCUT2D eigenvalue weighted by atomic mass is 19.1. The van der Waals surface area contributed by atoms with E-state index in [4.69, 9.17) is 5.73 Å². The molecule has 1 fully saturated rings. The number of anilines is 1. The van der Waals surface area contributed by atoms with Gasteiger partial charge < -0.3 is 11.1 Å². The Balaban J connectivity index is 1.48. The molecule has 3 heterocycles. The SMILES string of the molecule is NC(=O)c1cnn(-c2cnc(NC[C@]3(c4ncccc4F)C[C@H](F)C3)nc2)c1. The highest BCUT2D eigenvalue weighted by Crippen LogP contribution is 2.45. The fraction of sp³-hybridized carbons (Fsp3) is 0.278. The molecule has 0 atom stereocenters. The van der Waals surface area contributed by atoms with Crippen molar-refractivity contribution in [3.05, 3.63) is 60.2 Å². The molecular formula is C18H17F2N7O. The number of pyridine rings is 1. The standard InChI is InChI=1S/C18H17F2N7O/c19-12-4-18(5-12,15-14(20)2-1-3-22-15)10-25-17-23-7-13(8-24-17)27-9-11(6-26-27)16(21)28/h1-3,6-9,12H,4-5,10H2,(H2,21,28)(H,23,24,25)/t12-,18-. The highest BCUT2D eigenvalue weighted by molar-refractivity contribution is 5.92. The number of alkyl halides is 1. The van der Waals surface area contributed by atoms with Crippen LogP contribution >= 0.6 is 0 Å². The second-order valence-electron chi connectivity index (χ2n) is 6.78. The molecule has 3 aromatic heterocycles. The van der Waals surface area contributed by atoms with Crippen LogP contribution in [0.25, 0.3) is 5.69 Å². The van der Waals surface area contributed by atoms with E-state index >= 15 is 0 Å². The minimum Gasteiger partial charge on any atom is -0.366 e. The van der Waals surface area contributed by atoms with Crippen LogP contribution in [-0.2, 0) is 5.41 Å². The third kappa shape index (κ3) is 3.28. The van der Waals surface area contributed by atoms with Gasteiger partial charge >= 0.3 is 0 Å². The van der Waals surface area contributed by atoms with E-state index in [1.54, 1.807) is 0 Å². The topological polar surface area (TPSA) is 112 Å². The molecule has 0 spiro atoms. The lowest BCUT2D eigenvalue weighted by Crippen LogP contribution is -2.49. The van der Waals surface area contributed by atoms with E-state index < -0.39 is 23.3 Å². The van der Waals surface area contributed by atoms with Crippen molar-refractivity contribution in [1.82, 2.24) is 24.7 Å². The first kappa shape index (κ1) is 18.0. The number of nitrogens with one attached hydrogen (secondary N) is 1. The van der Waals surface area contributed by atoms with Crippen LogP contribution in [0.2, 0.25) is 0 Å². The van der Waals surface area contributed by atoms with Crippen molar-refractivity contribution in [2.24, 2.45) is 5.73 Å². The maximum atomic E-state index is 14.2. The predicted molar refractivity (Wildman–Crippen MR) is 96.2 cm³/mol. The molecule has 8 nitrogen and oxygen atoms in total. The van der Waals surface area contributed by atoms with Crippen LogP contribution in [0.5, 0.6) is 0 Å². The van der Waals surface area contributed by atoms with Crippen molar-refractivity contribution < 1.29 is 13.6 Å². The summed E-state index contributed by atoms with van der Waals surface area (Å²) in [6.45, 7) is 0.258. The normalized spacial score (nSPS) is 21.1. The molecular weight excluding hydrogens is 368 g/mol. The summed E-state index contributed by atoms with van der Waals surface area (Å²) in [5.41, 5.74) is 5.54. The lowest BCUT2D eigenvalue weighted by Gasteiger charge is -2.43. The van der Waals surface area contributed by atoms with E-state index in [0.29, 0.717) is 11.6 Å². The van der Waals surface area contributed by atoms with Crippen LogP contribution in [-0.4, -0.2) is 43.4 Å². The van der Waals surface area contributed by atoms with Gasteiger partial charge in [-0.15, -0.1) is 0 Å². The van der Waals surface area contributed by atoms with Crippen molar-refractivity contribution in [3.63, 3.8) is 0 Å². The molecule has 10 heteroatoms. The minimum atomic E-state index is -0.981. The number of hydrogen-bond acceptors (Lipinski definition) is 6. The number of primary amides is 1. The third-order valence-corrected chi connectivity index (χ3v) is 4.84. The molecule has 0 aromatic carbocycles. The summed E-state index contributed by atoms with van der Waals surface area (Å²) in [5.74, 6) is -0.718. The molecule has 0 aliphatic heterocycles. The van der Waals surface area contributed by atoms with Gasteiger partial charge in [-0.1, -0.05) is 0 Å². The molecule has 1 amide bonds. The maximum Gasteiger partial charge on any atom is 0.251 e. The number of amides is 1. The molecule has 3 aromatic rings. The van der Waals surface area contributed by atoms with E-state index in [0.717, 1.165) is 0 Å². The van der Waals surface area contributed by atoms with Gasteiger partial charge in [-0.2, -0.15) is 5.10 Å². The van der Waals surface area contributed by atoms with E-state index in [9.17, 15) is 13.6 Å². The molecule has 144 valence electrons. The first-order valence-electron chi connectivity index (χ1n) is 8.63. The molecule has 0 radical (unpaired) electrons. The monoisotopic (exact) mass is 385 g/mol. The van der Waals surface area contributed by atoms with Gasteiger partial charge in [0, 0.05) is 24.4 Å². The first-order valence-corrected chi connectivity index (χ1v) is 8.63. The van der Waals surface area contributed by atoms with E-state index in [2.05, 4.69) is 25.4 Å². The van der Waals surface area contributed by atoms with Crippen LogP contribution in [0.4, 0.5) is 14.7 Å². The van der Waals surface area contributed by atoms with Crippen molar-refractivity contribution in [1.29, 1.82) is 0 Å². The highest BCUT2D eigenvalue weighted by Gasteiger charge is 2.48.